The SMILES string of the molecule is Cn1nc(C(=O)NCc2ccccc2F)c2c1CC[C@H](NCc1ccccn1)C2. The highest BCUT2D eigenvalue weighted by Crippen LogP contribution is 2.24. The first kappa shape index (κ1) is 19.3. The molecule has 1 amide bonds. The minimum Gasteiger partial charge on any atom is -0.346 e. The van der Waals surface area contributed by atoms with Gasteiger partial charge in [-0.2, -0.15) is 5.10 Å². The van der Waals surface area contributed by atoms with Crippen LogP contribution in [-0.2, 0) is 33.0 Å². The number of aromatic nitrogens is 3. The summed E-state index contributed by atoms with van der Waals surface area (Å²) in [7, 11) is 1.87. The molecule has 0 saturated carbocycles. The van der Waals surface area contributed by atoms with E-state index in [9.17, 15) is 9.18 Å². The van der Waals surface area contributed by atoms with Crippen molar-refractivity contribution in [2.24, 2.45) is 7.05 Å². The lowest BCUT2D eigenvalue weighted by atomic mass is 9.91. The van der Waals surface area contributed by atoms with Crippen LogP contribution in [-0.4, -0.2) is 26.7 Å². The van der Waals surface area contributed by atoms with Crippen molar-refractivity contribution in [3.8, 4) is 0 Å². The Morgan fingerprint density at radius 1 is 1.21 bits per heavy atom. The normalized spacial score (nSPS) is 15.7. The zero-order chi connectivity index (χ0) is 20.2. The fourth-order valence-corrected chi connectivity index (χ4v) is 3.80. The number of benzene rings is 1. The Bertz CT molecular complexity index is 1000. The average Bonchev–Trinajstić information content (AvgIpc) is 3.08. The van der Waals surface area contributed by atoms with Crippen LogP contribution in [0.2, 0.25) is 0 Å². The van der Waals surface area contributed by atoms with Gasteiger partial charge in [-0.05, 0) is 37.5 Å². The van der Waals surface area contributed by atoms with E-state index in [1.54, 1.807) is 29.1 Å². The van der Waals surface area contributed by atoms with E-state index < -0.39 is 0 Å². The van der Waals surface area contributed by atoms with E-state index >= 15 is 0 Å². The maximum atomic E-state index is 13.8. The van der Waals surface area contributed by atoms with E-state index in [0.29, 0.717) is 17.8 Å². The molecule has 0 saturated heterocycles. The Hall–Kier alpha value is -3.06. The third-order valence-electron chi connectivity index (χ3n) is 5.37. The number of pyridine rings is 1. The Morgan fingerprint density at radius 3 is 2.83 bits per heavy atom. The largest absolute Gasteiger partial charge is 0.346 e. The number of carbonyl (C=O) groups is 1. The molecule has 1 aromatic carbocycles. The Morgan fingerprint density at radius 2 is 2.03 bits per heavy atom. The average molecular weight is 393 g/mol. The fraction of sp³-hybridized carbons (Fsp3) is 0.318. The molecule has 150 valence electrons. The number of hydrogen-bond donors (Lipinski definition) is 2. The molecular weight excluding hydrogens is 369 g/mol. The van der Waals surface area contributed by atoms with Crippen LogP contribution in [0.4, 0.5) is 4.39 Å². The summed E-state index contributed by atoms with van der Waals surface area (Å²) in [5.41, 5.74) is 3.95. The standard InChI is InChI=1S/C22H24FN5O/c1-28-20-10-9-16(25-14-17-7-4-5-11-24-17)12-18(20)21(27-28)22(29)26-13-15-6-2-3-8-19(15)23/h2-8,11,16,25H,9-10,12-14H2,1H3,(H,26,29)/t16-/m0/s1. The molecule has 29 heavy (non-hydrogen) atoms. The lowest BCUT2D eigenvalue weighted by Crippen LogP contribution is -2.35. The highest BCUT2D eigenvalue weighted by Gasteiger charge is 2.28. The van der Waals surface area contributed by atoms with Crippen LogP contribution < -0.4 is 10.6 Å². The summed E-state index contributed by atoms with van der Waals surface area (Å²) in [5.74, 6) is -0.592. The van der Waals surface area contributed by atoms with E-state index in [1.165, 1.54) is 6.07 Å². The maximum Gasteiger partial charge on any atom is 0.272 e. The molecule has 0 radical (unpaired) electrons. The molecule has 2 N–H and O–H groups in total. The molecule has 2 aromatic heterocycles. The first-order valence-electron chi connectivity index (χ1n) is 9.81. The van der Waals surface area contributed by atoms with Crippen LogP contribution in [0.15, 0.2) is 48.7 Å². The van der Waals surface area contributed by atoms with Gasteiger partial charge in [0.15, 0.2) is 5.69 Å². The van der Waals surface area contributed by atoms with Crippen molar-refractivity contribution in [2.45, 2.75) is 38.4 Å². The molecule has 1 aliphatic rings. The monoisotopic (exact) mass is 393 g/mol. The third-order valence-corrected chi connectivity index (χ3v) is 5.37. The van der Waals surface area contributed by atoms with Gasteiger partial charge in [0.2, 0.25) is 0 Å². The molecule has 4 rings (SSSR count). The van der Waals surface area contributed by atoms with Gasteiger partial charge in [-0.1, -0.05) is 24.3 Å². The molecular formula is C22H24FN5O. The van der Waals surface area contributed by atoms with Crippen molar-refractivity contribution in [3.05, 3.63) is 82.7 Å². The second kappa shape index (κ2) is 8.53. The molecule has 0 aliphatic heterocycles. The van der Waals surface area contributed by atoms with Crippen molar-refractivity contribution in [1.82, 2.24) is 25.4 Å². The van der Waals surface area contributed by atoms with E-state index in [-0.39, 0.29) is 24.3 Å². The van der Waals surface area contributed by atoms with Crippen LogP contribution in [0.5, 0.6) is 0 Å². The zero-order valence-electron chi connectivity index (χ0n) is 16.4. The quantitative estimate of drug-likeness (QED) is 0.675. The second-order valence-corrected chi connectivity index (χ2v) is 7.31. The van der Waals surface area contributed by atoms with Crippen LogP contribution in [0.1, 0.15) is 39.4 Å². The summed E-state index contributed by atoms with van der Waals surface area (Å²) < 4.78 is 15.6. The van der Waals surface area contributed by atoms with Gasteiger partial charge >= 0.3 is 0 Å². The fourth-order valence-electron chi connectivity index (χ4n) is 3.80. The number of amides is 1. The summed E-state index contributed by atoms with van der Waals surface area (Å²) in [5, 5.41) is 10.8. The summed E-state index contributed by atoms with van der Waals surface area (Å²) in [6, 6.07) is 12.6. The first-order chi connectivity index (χ1) is 14.1. The highest BCUT2D eigenvalue weighted by atomic mass is 19.1. The summed E-state index contributed by atoms with van der Waals surface area (Å²) in [4.78, 5) is 17.1. The van der Waals surface area contributed by atoms with E-state index in [4.69, 9.17) is 0 Å². The second-order valence-electron chi connectivity index (χ2n) is 7.31. The number of aryl methyl sites for hydroxylation is 1. The zero-order valence-corrected chi connectivity index (χ0v) is 16.4. The highest BCUT2D eigenvalue weighted by molar-refractivity contribution is 5.94. The predicted octanol–water partition coefficient (Wildman–Crippen LogP) is 2.53. The van der Waals surface area contributed by atoms with Gasteiger partial charge in [0, 0.05) is 49.2 Å². The van der Waals surface area contributed by atoms with Crippen molar-refractivity contribution in [3.63, 3.8) is 0 Å². The van der Waals surface area contributed by atoms with E-state index in [1.807, 2.05) is 25.2 Å². The summed E-state index contributed by atoms with van der Waals surface area (Å²) in [6.07, 6.45) is 4.36. The van der Waals surface area contributed by atoms with Gasteiger partial charge in [-0.25, -0.2) is 4.39 Å². The van der Waals surface area contributed by atoms with Crippen molar-refractivity contribution in [1.29, 1.82) is 0 Å². The van der Waals surface area contributed by atoms with Crippen LogP contribution >= 0.6 is 0 Å². The van der Waals surface area contributed by atoms with Crippen LogP contribution in [0, 0.1) is 5.82 Å². The van der Waals surface area contributed by atoms with Gasteiger partial charge < -0.3 is 10.6 Å². The van der Waals surface area contributed by atoms with Crippen molar-refractivity contribution in [2.75, 3.05) is 0 Å². The van der Waals surface area contributed by atoms with Gasteiger partial charge in [0.05, 0.1) is 5.69 Å². The molecule has 2 heterocycles. The number of carbonyl (C=O) groups excluding carboxylic acids is 1. The predicted molar refractivity (Wildman–Crippen MR) is 108 cm³/mol. The summed E-state index contributed by atoms with van der Waals surface area (Å²) >= 11 is 0. The molecule has 6 nitrogen and oxygen atoms in total. The number of hydrogen-bond acceptors (Lipinski definition) is 4. The third kappa shape index (κ3) is 4.35. The van der Waals surface area contributed by atoms with Gasteiger partial charge in [-0.15, -0.1) is 0 Å². The topological polar surface area (TPSA) is 71.8 Å². The van der Waals surface area contributed by atoms with E-state index in [0.717, 1.165) is 36.2 Å². The molecule has 0 fully saturated rings. The number of fused-ring (bicyclic) bond motifs is 1. The Balaban J connectivity index is 1.43. The Kier molecular flexibility index (Phi) is 5.67. The molecule has 1 aliphatic carbocycles. The number of halogens is 1. The van der Waals surface area contributed by atoms with E-state index in [2.05, 4.69) is 20.7 Å². The number of nitrogens with zero attached hydrogens (tertiary/aromatic N) is 3. The minimum absolute atomic E-state index is 0.137. The first-order valence-corrected chi connectivity index (χ1v) is 9.81. The van der Waals surface area contributed by atoms with Gasteiger partial charge in [0.1, 0.15) is 5.82 Å². The number of nitrogens with one attached hydrogen (secondary N) is 2. The van der Waals surface area contributed by atoms with Crippen molar-refractivity contribution < 1.29 is 9.18 Å². The molecule has 0 unspecified atom stereocenters. The lowest BCUT2D eigenvalue weighted by molar-refractivity contribution is 0.0943. The molecule has 3 aromatic rings. The van der Waals surface area contributed by atoms with Crippen LogP contribution in [0.25, 0.3) is 0 Å². The molecule has 1 atom stereocenters. The molecule has 0 bridgehead atoms. The minimum atomic E-state index is -0.324. The molecule has 7 heteroatoms. The Labute approximate surface area is 169 Å². The van der Waals surface area contributed by atoms with Gasteiger partial charge in [-0.3, -0.25) is 14.5 Å². The maximum absolute atomic E-state index is 13.8. The summed E-state index contributed by atoms with van der Waals surface area (Å²) in [6.45, 7) is 0.828. The van der Waals surface area contributed by atoms with Gasteiger partial charge in [0.25, 0.3) is 5.91 Å². The van der Waals surface area contributed by atoms with Crippen molar-refractivity contribution >= 4 is 5.91 Å². The number of rotatable bonds is 6. The smallest absolute Gasteiger partial charge is 0.272 e. The molecule has 0 spiro atoms. The van der Waals surface area contributed by atoms with Crippen LogP contribution in [0.3, 0.4) is 0 Å². The lowest BCUT2D eigenvalue weighted by Gasteiger charge is -2.24.